The number of nitrogens with zero attached hydrogens (tertiary/aromatic N) is 5. The Morgan fingerprint density at radius 3 is 2.52 bits per heavy atom. The summed E-state index contributed by atoms with van der Waals surface area (Å²) in [7, 11) is 0. The molecule has 0 unspecified atom stereocenters. The molecular weight excluding hydrogens is 334 g/mol. The fourth-order valence-electron chi connectivity index (χ4n) is 3.02. The van der Waals surface area contributed by atoms with Crippen molar-refractivity contribution < 1.29 is 4.52 Å². The molecule has 1 aliphatic heterocycles. The van der Waals surface area contributed by atoms with Crippen molar-refractivity contribution in [3.63, 3.8) is 0 Å². The summed E-state index contributed by atoms with van der Waals surface area (Å²) < 4.78 is 7.31. The Balaban J connectivity index is 1.66. The highest BCUT2D eigenvalue weighted by atomic mass is 32.2. The average molecular weight is 355 g/mol. The first-order valence-electron chi connectivity index (χ1n) is 8.53. The molecule has 0 N–H and O–H groups in total. The third-order valence-electron chi connectivity index (χ3n) is 4.32. The molecule has 1 aromatic carbocycles. The first-order chi connectivity index (χ1) is 12.2. The van der Waals surface area contributed by atoms with E-state index in [1.807, 2.05) is 13.0 Å². The summed E-state index contributed by atoms with van der Waals surface area (Å²) in [5, 5.41) is 13.9. The van der Waals surface area contributed by atoms with Crippen LogP contribution < -0.4 is 4.90 Å². The van der Waals surface area contributed by atoms with Crippen LogP contribution in [0.4, 0.5) is 5.95 Å². The molecule has 3 aromatic rings. The number of thioether (sulfide) groups is 1. The van der Waals surface area contributed by atoms with Crippen LogP contribution in [0.1, 0.15) is 29.9 Å². The van der Waals surface area contributed by atoms with E-state index < -0.39 is 0 Å². The van der Waals surface area contributed by atoms with E-state index in [4.69, 9.17) is 4.52 Å². The molecule has 0 aliphatic carbocycles. The van der Waals surface area contributed by atoms with Gasteiger partial charge in [-0.3, -0.25) is 4.57 Å². The van der Waals surface area contributed by atoms with Gasteiger partial charge in [0.05, 0.1) is 11.4 Å². The highest BCUT2D eigenvalue weighted by Crippen LogP contribution is 2.30. The second kappa shape index (κ2) is 6.92. The third kappa shape index (κ3) is 3.42. The van der Waals surface area contributed by atoms with Gasteiger partial charge in [-0.2, -0.15) is 0 Å². The van der Waals surface area contributed by atoms with Crippen LogP contribution in [0.2, 0.25) is 0 Å². The summed E-state index contributed by atoms with van der Waals surface area (Å²) in [6.45, 7) is 6.08. The fourth-order valence-corrected chi connectivity index (χ4v) is 3.85. The lowest BCUT2D eigenvalue weighted by molar-refractivity contribution is 0.393. The van der Waals surface area contributed by atoms with Gasteiger partial charge in [-0.25, -0.2) is 0 Å². The van der Waals surface area contributed by atoms with Gasteiger partial charge in [-0.15, -0.1) is 10.2 Å². The van der Waals surface area contributed by atoms with E-state index in [0.717, 1.165) is 41.3 Å². The van der Waals surface area contributed by atoms with Crippen LogP contribution >= 0.6 is 11.8 Å². The number of rotatable bonds is 5. The number of hydrogen-bond acceptors (Lipinski definition) is 6. The first kappa shape index (κ1) is 16.2. The summed E-state index contributed by atoms with van der Waals surface area (Å²) in [5.41, 5.74) is 3.26. The van der Waals surface area contributed by atoms with Gasteiger partial charge in [0.1, 0.15) is 5.76 Å². The zero-order valence-corrected chi connectivity index (χ0v) is 15.3. The highest BCUT2D eigenvalue weighted by molar-refractivity contribution is 7.98. The predicted octanol–water partition coefficient (Wildman–Crippen LogP) is 3.76. The van der Waals surface area contributed by atoms with Crippen LogP contribution in [0.25, 0.3) is 5.69 Å². The van der Waals surface area contributed by atoms with Crippen molar-refractivity contribution in [2.45, 2.75) is 37.6 Å². The average Bonchev–Trinajstić information content (AvgIpc) is 3.34. The van der Waals surface area contributed by atoms with Crippen molar-refractivity contribution >= 4 is 17.7 Å². The standard InChI is InChI=1S/C18H21N5OS/c1-13-5-7-16(8-6-13)23-17(22-9-3-4-10-22)19-20-18(23)25-12-15-11-14(2)24-21-15/h5-8,11H,3-4,9-10,12H2,1-2H3. The van der Waals surface area contributed by atoms with Gasteiger partial charge in [-0.05, 0) is 38.8 Å². The van der Waals surface area contributed by atoms with Crippen molar-refractivity contribution in [3.05, 3.63) is 47.3 Å². The van der Waals surface area contributed by atoms with Crippen LogP contribution in [0.3, 0.4) is 0 Å². The zero-order chi connectivity index (χ0) is 17.2. The topological polar surface area (TPSA) is 60.0 Å². The van der Waals surface area contributed by atoms with Gasteiger partial charge in [0.15, 0.2) is 5.16 Å². The number of benzene rings is 1. The Morgan fingerprint density at radius 2 is 1.84 bits per heavy atom. The van der Waals surface area contributed by atoms with Crippen LogP contribution in [-0.4, -0.2) is 33.0 Å². The Labute approximate surface area is 151 Å². The minimum atomic E-state index is 0.710. The fraction of sp³-hybridized carbons (Fsp3) is 0.389. The Morgan fingerprint density at radius 1 is 1.08 bits per heavy atom. The molecular formula is C18H21N5OS. The molecule has 3 heterocycles. The van der Waals surface area contributed by atoms with Gasteiger partial charge >= 0.3 is 0 Å². The Kier molecular flexibility index (Phi) is 4.48. The lowest BCUT2D eigenvalue weighted by Gasteiger charge is -2.18. The minimum absolute atomic E-state index is 0.710. The van der Waals surface area contributed by atoms with Crippen molar-refractivity contribution in [2.75, 3.05) is 18.0 Å². The molecule has 1 saturated heterocycles. The minimum Gasteiger partial charge on any atom is -0.361 e. The van der Waals surface area contributed by atoms with E-state index in [0.29, 0.717) is 5.75 Å². The van der Waals surface area contributed by atoms with Crippen molar-refractivity contribution in [3.8, 4) is 5.69 Å². The highest BCUT2D eigenvalue weighted by Gasteiger charge is 2.22. The SMILES string of the molecule is Cc1ccc(-n2c(SCc3cc(C)on3)nnc2N2CCCC2)cc1. The van der Waals surface area contributed by atoms with E-state index in [-0.39, 0.29) is 0 Å². The molecule has 130 valence electrons. The monoisotopic (exact) mass is 355 g/mol. The molecule has 1 fully saturated rings. The third-order valence-corrected chi connectivity index (χ3v) is 5.29. The number of aromatic nitrogens is 4. The maximum Gasteiger partial charge on any atom is 0.232 e. The summed E-state index contributed by atoms with van der Waals surface area (Å²) in [4.78, 5) is 2.32. The molecule has 0 saturated carbocycles. The van der Waals surface area contributed by atoms with Crippen LogP contribution in [-0.2, 0) is 5.75 Å². The van der Waals surface area contributed by atoms with Crippen molar-refractivity contribution in [2.24, 2.45) is 0 Å². The summed E-state index contributed by atoms with van der Waals surface area (Å²) in [6, 6.07) is 10.5. The van der Waals surface area contributed by atoms with Gasteiger partial charge in [0, 0.05) is 24.9 Å². The molecule has 0 amide bonds. The van der Waals surface area contributed by atoms with Crippen LogP contribution in [0, 0.1) is 13.8 Å². The van der Waals surface area contributed by atoms with E-state index in [2.05, 4.69) is 56.0 Å². The molecule has 25 heavy (non-hydrogen) atoms. The Bertz CT molecular complexity index is 849. The van der Waals surface area contributed by atoms with Gasteiger partial charge in [0.25, 0.3) is 0 Å². The Hall–Kier alpha value is -2.28. The second-order valence-electron chi connectivity index (χ2n) is 6.37. The van der Waals surface area contributed by atoms with Gasteiger partial charge in [0.2, 0.25) is 5.95 Å². The molecule has 1 aliphatic rings. The summed E-state index contributed by atoms with van der Waals surface area (Å²) in [6.07, 6.45) is 2.42. The van der Waals surface area contributed by atoms with E-state index in [1.165, 1.54) is 18.4 Å². The van der Waals surface area contributed by atoms with E-state index in [9.17, 15) is 0 Å². The quantitative estimate of drug-likeness (QED) is 0.650. The van der Waals surface area contributed by atoms with Gasteiger partial charge < -0.3 is 9.42 Å². The zero-order valence-electron chi connectivity index (χ0n) is 14.5. The first-order valence-corrected chi connectivity index (χ1v) is 9.52. The molecule has 0 radical (unpaired) electrons. The van der Waals surface area contributed by atoms with E-state index >= 15 is 0 Å². The van der Waals surface area contributed by atoms with E-state index in [1.54, 1.807) is 11.8 Å². The molecule has 0 spiro atoms. The molecule has 7 heteroatoms. The smallest absolute Gasteiger partial charge is 0.232 e. The molecule has 4 rings (SSSR count). The second-order valence-corrected chi connectivity index (χ2v) is 7.31. The predicted molar refractivity (Wildman–Crippen MR) is 98.3 cm³/mol. The van der Waals surface area contributed by atoms with Crippen molar-refractivity contribution in [1.29, 1.82) is 0 Å². The van der Waals surface area contributed by atoms with Crippen LogP contribution in [0.5, 0.6) is 0 Å². The summed E-state index contributed by atoms with van der Waals surface area (Å²) in [5.74, 6) is 2.47. The molecule has 6 nitrogen and oxygen atoms in total. The number of aryl methyl sites for hydroxylation is 2. The summed E-state index contributed by atoms with van der Waals surface area (Å²) >= 11 is 1.63. The number of anilines is 1. The van der Waals surface area contributed by atoms with Crippen LogP contribution in [0.15, 0.2) is 40.0 Å². The number of hydrogen-bond donors (Lipinski definition) is 0. The molecule has 0 atom stereocenters. The van der Waals surface area contributed by atoms with Gasteiger partial charge in [-0.1, -0.05) is 34.6 Å². The lowest BCUT2D eigenvalue weighted by Crippen LogP contribution is -2.22. The van der Waals surface area contributed by atoms with Crippen molar-refractivity contribution in [1.82, 2.24) is 19.9 Å². The molecule has 0 bridgehead atoms. The molecule has 2 aromatic heterocycles. The normalized spacial score (nSPS) is 14.4. The maximum atomic E-state index is 5.15. The maximum absolute atomic E-state index is 5.15. The lowest BCUT2D eigenvalue weighted by atomic mass is 10.2. The largest absolute Gasteiger partial charge is 0.361 e.